The van der Waals surface area contributed by atoms with Crippen molar-refractivity contribution in [3.8, 4) is 0 Å². The Bertz CT molecular complexity index is 676. The van der Waals surface area contributed by atoms with Crippen molar-refractivity contribution in [1.29, 1.82) is 0 Å². The molecule has 23 heavy (non-hydrogen) atoms. The van der Waals surface area contributed by atoms with E-state index in [1.165, 1.54) is 12.1 Å². The Balaban J connectivity index is 1.71. The molecule has 3 nitrogen and oxygen atoms in total. The van der Waals surface area contributed by atoms with Gasteiger partial charge in [-0.25, -0.2) is 4.39 Å². The highest BCUT2D eigenvalue weighted by atomic mass is 19.1. The van der Waals surface area contributed by atoms with Gasteiger partial charge in [0.15, 0.2) is 5.78 Å². The zero-order chi connectivity index (χ0) is 16.2. The number of piperidine rings is 1. The molecule has 3 rings (SSSR count). The molecule has 0 spiro atoms. The molecule has 2 aromatic carbocycles. The summed E-state index contributed by atoms with van der Waals surface area (Å²) in [5.41, 5.74) is 2.39. The average Bonchev–Trinajstić information content (AvgIpc) is 2.57. The lowest BCUT2D eigenvalue weighted by Crippen LogP contribution is -2.33. The molecule has 120 valence electrons. The third-order valence-corrected chi connectivity index (χ3v) is 4.37. The van der Waals surface area contributed by atoms with Crippen molar-refractivity contribution in [3.05, 3.63) is 59.9 Å². The molecule has 0 radical (unpaired) electrons. The largest absolute Gasteiger partial charge is 0.356 e. The standard InChI is InChI=1S/C19H21FN2O/c1-22-11-9-14(10-12-22)19(23)15-3-2-4-18(13-15)21-17-7-5-16(20)6-8-17/h2-8,13-14,21H,9-12H2,1H3. The highest BCUT2D eigenvalue weighted by molar-refractivity contribution is 5.98. The second-order valence-corrected chi connectivity index (χ2v) is 6.15. The van der Waals surface area contributed by atoms with E-state index in [-0.39, 0.29) is 17.5 Å². The summed E-state index contributed by atoms with van der Waals surface area (Å²) in [4.78, 5) is 14.9. The first-order valence-electron chi connectivity index (χ1n) is 7.97. The molecule has 0 atom stereocenters. The lowest BCUT2D eigenvalue weighted by molar-refractivity contribution is 0.0857. The van der Waals surface area contributed by atoms with Gasteiger partial charge in [0, 0.05) is 22.9 Å². The summed E-state index contributed by atoms with van der Waals surface area (Å²) in [5.74, 6) is 0.0786. The molecule has 0 unspecified atom stereocenters. The fourth-order valence-electron chi connectivity index (χ4n) is 2.96. The summed E-state index contributed by atoms with van der Waals surface area (Å²) in [6, 6.07) is 13.7. The minimum Gasteiger partial charge on any atom is -0.356 e. The Morgan fingerprint density at radius 1 is 1.09 bits per heavy atom. The second-order valence-electron chi connectivity index (χ2n) is 6.15. The van der Waals surface area contributed by atoms with Crippen LogP contribution in [-0.4, -0.2) is 30.8 Å². The Kier molecular flexibility index (Phi) is 4.72. The normalized spacial score (nSPS) is 16.3. The van der Waals surface area contributed by atoms with Gasteiger partial charge in [0.25, 0.3) is 0 Å². The fraction of sp³-hybridized carbons (Fsp3) is 0.316. The Labute approximate surface area is 136 Å². The molecular weight excluding hydrogens is 291 g/mol. The van der Waals surface area contributed by atoms with E-state index in [9.17, 15) is 9.18 Å². The number of hydrogen-bond acceptors (Lipinski definition) is 3. The molecule has 1 saturated heterocycles. The number of nitrogens with one attached hydrogen (secondary N) is 1. The number of carbonyl (C=O) groups is 1. The van der Waals surface area contributed by atoms with Crippen molar-refractivity contribution < 1.29 is 9.18 Å². The highest BCUT2D eigenvalue weighted by Crippen LogP contribution is 2.24. The van der Waals surface area contributed by atoms with Gasteiger partial charge in [0.1, 0.15) is 5.82 Å². The topological polar surface area (TPSA) is 32.3 Å². The van der Waals surface area contributed by atoms with Crippen molar-refractivity contribution in [2.24, 2.45) is 5.92 Å². The average molecular weight is 312 g/mol. The van der Waals surface area contributed by atoms with E-state index in [1.54, 1.807) is 12.1 Å². The monoisotopic (exact) mass is 312 g/mol. The Morgan fingerprint density at radius 2 is 1.78 bits per heavy atom. The van der Waals surface area contributed by atoms with Gasteiger partial charge in [-0.3, -0.25) is 4.79 Å². The van der Waals surface area contributed by atoms with E-state index in [0.29, 0.717) is 0 Å². The molecule has 1 aliphatic heterocycles. The number of carbonyl (C=O) groups excluding carboxylic acids is 1. The van der Waals surface area contributed by atoms with Crippen LogP contribution in [0.1, 0.15) is 23.2 Å². The number of anilines is 2. The fourth-order valence-corrected chi connectivity index (χ4v) is 2.96. The number of likely N-dealkylation sites (tertiary alicyclic amines) is 1. The van der Waals surface area contributed by atoms with Crippen molar-refractivity contribution in [2.75, 3.05) is 25.5 Å². The molecule has 1 N–H and O–H groups in total. The van der Waals surface area contributed by atoms with E-state index >= 15 is 0 Å². The second kappa shape index (κ2) is 6.92. The number of Topliss-reactive ketones (excluding diaryl/α,β-unsaturated/α-hetero) is 1. The maximum atomic E-state index is 13.0. The SMILES string of the molecule is CN1CCC(C(=O)c2cccc(Nc3ccc(F)cc3)c2)CC1. The van der Waals surface area contributed by atoms with Gasteiger partial charge in [-0.2, -0.15) is 0 Å². The summed E-state index contributed by atoms with van der Waals surface area (Å²) in [5, 5.41) is 3.21. The van der Waals surface area contributed by atoms with Crippen LogP contribution in [0.3, 0.4) is 0 Å². The van der Waals surface area contributed by atoms with Crippen LogP contribution in [0.5, 0.6) is 0 Å². The number of rotatable bonds is 4. The van der Waals surface area contributed by atoms with Gasteiger partial charge in [-0.15, -0.1) is 0 Å². The maximum Gasteiger partial charge on any atom is 0.166 e. The molecular formula is C19H21FN2O. The number of ketones is 1. The predicted molar refractivity (Wildman–Crippen MR) is 90.7 cm³/mol. The molecule has 0 aromatic heterocycles. The zero-order valence-corrected chi connectivity index (χ0v) is 13.3. The van der Waals surface area contributed by atoms with Crippen molar-refractivity contribution in [1.82, 2.24) is 4.90 Å². The van der Waals surface area contributed by atoms with Crippen LogP contribution >= 0.6 is 0 Å². The maximum absolute atomic E-state index is 13.0. The molecule has 2 aromatic rings. The summed E-state index contributed by atoms with van der Waals surface area (Å²) < 4.78 is 13.0. The molecule has 1 heterocycles. The van der Waals surface area contributed by atoms with Gasteiger partial charge < -0.3 is 10.2 Å². The van der Waals surface area contributed by atoms with Crippen molar-refractivity contribution in [3.63, 3.8) is 0 Å². The van der Waals surface area contributed by atoms with Gasteiger partial charge in [0.2, 0.25) is 0 Å². The van der Waals surface area contributed by atoms with Crippen molar-refractivity contribution >= 4 is 17.2 Å². The minimum atomic E-state index is -0.262. The smallest absolute Gasteiger partial charge is 0.166 e. The van der Waals surface area contributed by atoms with Crippen molar-refractivity contribution in [2.45, 2.75) is 12.8 Å². The lowest BCUT2D eigenvalue weighted by atomic mass is 9.89. The number of halogens is 1. The molecule has 1 fully saturated rings. The van der Waals surface area contributed by atoms with Crippen LogP contribution in [-0.2, 0) is 0 Å². The molecule has 0 bridgehead atoms. The van der Waals surface area contributed by atoms with Crippen LogP contribution in [0.2, 0.25) is 0 Å². The van der Waals surface area contributed by atoms with E-state index in [0.717, 1.165) is 42.9 Å². The molecule has 4 heteroatoms. The van der Waals surface area contributed by atoms with Crippen LogP contribution < -0.4 is 5.32 Å². The highest BCUT2D eigenvalue weighted by Gasteiger charge is 2.24. The van der Waals surface area contributed by atoms with Gasteiger partial charge in [-0.05, 0) is 69.4 Å². The molecule has 0 aliphatic carbocycles. The number of benzene rings is 2. The first kappa shape index (κ1) is 15.7. The zero-order valence-electron chi connectivity index (χ0n) is 13.3. The minimum absolute atomic E-state index is 0.118. The van der Waals surface area contributed by atoms with Crippen LogP contribution in [0, 0.1) is 11.7 Å². The van der Waals surface area contributed by atoms with E-state index in [2.05, 4.69) is 17.3 Å². The summed E-state index contributed by atoms with van der Waals surface area (Å²) in [7, 11) is 2.09. The number of hydrogen-bond donors (Lipinski definition) is 1. The van der Waals surface area contributed by atoms with Crippen LogP contribution in [0.15, 0.2) is 48.5 Å². The van der Waals surface area contributed by atoms with E-state index in [4.69, 9.17) is 0 Å². The van der Waals surface area contributed by atoms with Crippen LogP contribution in [0.25, 0.3) is 0 Å². The molecule has 1 aliphatic rings. The Hall–Kier alpha value is -2.20. The van der Waals surface area contributed by atoms with E-state index < -0.39 is 0 Å². The van der Waals surface area contributed by atoms with Crippen LogP contribution in [0.4, 0.5) is 15.8 Å². The van der Waals surface area contributed by atoms with Gasteiger partial charge >= 0.3 is 0 Å². The van der Waals surface area contributed by atoms with Gasteiger partial charge in [0.05, 0.1) is 0 Å². The van der Waals surface area contributed by atoms with E-state index in [1.807, 2.05) is 24.3 Å². The molecule has 0 saturated carbocycles. The third kappa shape index (κ3) is 3.96. The first-order valence-corrected chi connectivity index (χ1v) is 7.97. The Morgan fingerprint density at radius 3 is 2.48 bits per heavy atom. The third-order valence-electron chi connectivity index (χ3n) is 4.37. The summed E-state index contributed by atoms with van der Waals surface area (Å²) in [6.07, 6.45) is 1.84. The summed E-state index contributed by atoms with van der Waals surface area (Å²) >= 11 is 0. The first-order chi connectivity index (χ1) is 11.1. The lowest BCUT2D eigenvalue weighted by Gasteiger charge is -2.28. The predicted octanol–water partition coefficient (Wildman–Crippen LogP) is 4.09. The number of nitrogens with zero attached hydrogens (tertiary/aromatic N) is 1. The quantitative estimate of drug-likeness (QED) is 0.863. The summed E-state index contributed by atoms with van der Waals surface area (Å²) in [6.45, 7) is 1.95. The molecule has 0 amide bonds. The van der Waals surface area contributed by atoms with Gasteiger partial charge in [-0.1, -0.05) is 12.1 Å².